The second-order valence-corrected chi connectivity index (χ2v) is 7.54. The molecule has 0 saturated carbocycles. The number of rotatable bonds is 6. The third kappa shape index (κ3) is 3.55. The Hall–Kier alpha value is -2.10. The maximum atomic E-state index is 13.5. The summed E-state index contributed by atoms with van der Waals surface area (Å²) in [6, 6.07) is 3.72. The molecule has 2 heterocycles. The Morgan fingerprint density at radius 1 is 1.35 bits per heavy atom. The quantitative estimate of drug-likeness (QED) is 0.546. The van der Waals surface area contributed by atoms with Crippen molar-refractivity contribution in [3.05, 3.63) is 62.7 Å². The standard InChI is InChI=1S/C17H15BrF2N4OS/c18-14-13(9(5-21)3-8-1-2-11(19)12(20)4-8)16(17(22)25)26-15(14)10-6-23-24-7-10/h1-2,4,6-7,9H,3,5,21H2,(H2,22,25)(H,23,24)/t9-/m1/s1. The highest BCUT2D eigenvalue weighted by Crippen LogP contribution is 2.44. The molecule has 5 N–H and O–H groups in total. The molecule has 0 spiro atoms. The van der Waals surface area contributed by atoms with Gasteiger partial charge in [0.05, 0.1) is 16.0 Å². The summed E-state index contributed by atoms with van der Waals surface area (Å²) < 4.78 is 27.4. The third-order valence-corrected chi connectivity index (χ3v) is 6.38. The number of nitrogens with two attached hydrogens (primary N) is 2. The second-order valence-electron chi connectivity index (χ2n) is 5.72. The van der Waals surface area contributed by atoms with E-state index in [-0.39, 0.29) is 12.5 Å². The number of carbonyl (C=O) groups excluding carboxylic acids is 1. The topological polar surface area (TPSA) is 97.8 Å². The lowest BCUT2D eigenvalue weighted by atomic mass is 9.91. The number of aromatic amines is 1. The van der Waals surface area contributed by atoms with Crippen LogP contribution in [0.3, 0.4) is 0 Å². The number of halogens is 3. The van der Waals surface area contributed by atoms with E-state index in [1.54, 1.807) is 12.4 Å². The van der Waals surface area contributed by atoms with E-state index in [0.29, 0.717) is 26.9 Å². The number of hydrogen-bond donors (Lipinski definition) is 3. The van der Waals surface area contributed by atoms with Gasteiger partial charge in [-0.15, -0.1) is 11.3 Å². The molecule has 0 aliphatic rings. The lowest BCUT2D eigenvalue weighted by molar-refractivity contribution is 0.100. The molecule has 0 radical (unpaired) electrons. The summed E-state index contributed by atoms with van der Waals surface area (Å²) in [7, 11) is 0. The molecule has 9 heteroatoms. The molecule has 1 aromatic carbocycles. The van der Waals surface area contributed by atoms with Gasteiger partial charge in [-0.25, -0.2) is 8.78 Å². The van der Waals surface area contributed by atoms with Crippen LogP contribution in [-0.2, 0) is 6.42 Å². The molecule has 2 aromatic heterocycles. The Labute approximate surface area is 160 Å². The molecular weight excluding hydrogens is 426 g/mol. The first-order valence-electron chi connectivity index (χ1n) is 7.67. The molecule has 0 aliphatic heterocycles. The van der Waals surface area contributed by atoms with E-state index >= 15 is 0 Å². The maximum Gasteiger partial charge on any atom is 0.259 e. The van der Waals surface area contributed by atoms with Gasteiger partial charge in [0.2, 0.25) is 0 Å². The van der Waals surface area contributed by atoms with Crippen LogP contribution in [0.4, 0.5) is 8.78 Å². The van der Waals surface area contributed by atoms with E-state index < -0.39 is 17.5 Å². The Morgan fingerprint density at radius 3 is 2.69 bits per heavy atom. The summed E-state index contributed by atoms with van der Waals surface area (Å²) in [6.07, 6.45) is 3.68. The van der Waals surface area contributed by atoms with E-state index in [1.165, 1.54) is 17.4 Å². The van der Waals surface area contributed by atoms with Crippen molar-refractivity contribution in [3.8, 4) is 10.4 Å². The van der Waals surface area contributed by atoms with Gasteiger partial charge in [-0.3, -0.25) is 9.89 Å². The number of nitrogens with zero attached hydrogens (tertiary/aromatic N) is 1. The summed E-state index contributed by atoms with van der Waals surface area (Å²) >= 11 is 4.78. The molecular formula is C17H15BrF2N4OS. The van der Waals surface area contributed by atoms with Crippen molar-refractivity contribution in [2.24, 2.45) is 11.5 Å². The van der Waals surface area contributed by atoms with Crippen LogP contribution in [0.1, 0.15) is 26.7 Å². The van der Waals surface area contributed by atoms with Crippen molar-refractivity contribution in [2.45, 2.75) is 12.3 Å². The van der Waals surface area contributed by atoms with Crippen molar-refractivity contribution in [1.82, 2.24) is 10.2 Å². The fourth-order valence-electron chi connectivity index (χ4n) is 2.79. The van der Waals surface area contributed by atoms with Crippen LogP contribution in [0.5, 0.6) is 0 Å². The van der Waals surface area contributed by atoms with Crippen molar-refractivity contribution in [3.63, 3.8) is 0 Å². The van der Waals surface area contributed by atoms with Crippen molar-refractivity contribution in [1.29, 1.82) is 0 Å². The molecule has 3 aromatic rings. The summed E-state index contributed by atoms with van der Waals surface area (Å²) in [5, 5.41) is 6.64. The van der Waals surface area contributed by atoms with Crippen LogP contribution in [-0.4, -0.2) is 22.6 Å². The number of amides is 1. The van der Waals surface area contributed by atoms with Gasteiger partial charge in [-0.1, -0.05) is 6.07 Å². The van der Waals surface area contributed by atoms with Gasteiger partial charge in [0.1, 0.15) is 0 Å². The lowest BCUT2D eigenvalue weighted by Crippen LogP contribution is -2.19. The Bertz CT molecular complexity index is 943. The Morgan fingerprint density at radius 2 is 2.12 bits per heavy atom. The van der Waals surface area contributed by atoms with Crippen LogP contribution >= 0.6 is 27.3 Å². The second kappa shape index (κ2) is 7.65. The van der Waals surface area contributed by atoms with Gasteiger partial charge < -0.3 is 11.5 Å². The number of primary amides is 1. The first kappa shape index (κ1) is 18.7. The van der Waals surface area contributed by atoms with Crippen molar-refractivity contribution >= 4 is 33.2 Å². The minimum Gasteiger partial charge on any atom is -0.365 e. The smallest absolute Gasteiger partial charge is 0.259 e. The minimum atomic E-state index is -0.920. The van der Waals surface area contributed by atoms with Crippen LogP contribution in [0.25, 0.3) is 10.4 Å². The Balaban J connectivity index is 2.04. The fourth-order valence-corrected chi connectivity index (χ4v) is 5.02. The monoisotopic (exact) mass is 440 g/mol. The van der Waals surface area contributed by atoms with Crippen LogP contribution < -0.4 is 11.5 Å². The molecule has 26 heavy (non-hydrogen) atoms. The first-order valence-corrected chi connectivity index (χ1v) is 9.28. The van der Waals surface area contributed by atoms with Crippen molar-refractivity contribution < 1.29 is 13.6 Å². The Kier molecular flexibility index (Phi) is 5.49. The average molecular weight is 441 g/mol. The van der Waals surface area contributed by atoms with E-state index in [0.717, 1.165) is 22.6 Å². The van der Waals surface area contributed by atoms with Crippen molar-refractivity contribution in [2.75, 3.05) is 6.54 Å². The van der Waals surface area contributed by atoms with Gasteiger partial charge in [-0.05, 0) is 52.2 Å². The van der Waals surface area contributed by atoms with Crippen LogP contribution in [0, 0.1) is 11.6 Å². The van der Waals surface area contributed by atoms with Gasteiger partial charge in [0.25, 0.3) is 5.91 Å². The largest absolute Gasteiger partial charge is 0.365 e. The lowest BCUT2D eigenvalue weighted by Gasteiger charge is -2.16. The number of nitrogens with one attached hydrogen (secondary N) is 1. The highest BCUT2D eigenvalue weighted by molar-refractivity contribution is 9.10. The molecule has 0 bridgehead atoms. The maximum absolute atomic E-state index is 13.5. The van der Waals surface area contributed by atoms with E-state index in [4.69, 9.17) is 11.5 Å². The van der Waals surface area contributed by atoms with Gasteiger partial charge >= 0.3 is 0 Å². The molecule has 3 rings (SSSR count). The van der Waals surface area contributed by atoms with Gasteiger partial charge in [0, 0.05) is 22.2 Å². The molecule has 1 amide bonds. The average Bonchev–Trinajstić information content (AvgIpc) is 3.24. The molecule has 5 nitrogen and oxygen atoms in total. The van der Waals surface area contributed by atoms with E-state index in [2.05, 4.69) is 26.1 Å². The fraction of sp³-hybridized carbons (Fsp3) is 0.176. The SMILES string of the molecule is NC[C@@H](Cc1ccc(F)c(F)c1)c1c(C(N)=O)sc(-c2cn[nH]c2)c1Br. The number of thiophene rings is 1. The van der Waals surface area contributed by atoms with Crippen LogP contribution in [0.2, 0.25) is 0 Å². The highest BCUT2D eigenvalue weighted by Gasteiger charge is 2.27. The normalized spacial score (nSPS) is 12.3. The summed E-state index contributed by atoms with van der Waals surface area (Å²) in [6.45, 7) is 0.208. The molecule has 136 valence electrons. The first-order chi connectivity index (χ1) is 12.4. The summed E-state index contributed by atoms with van der Waals surface area (Å²) in [4.78, 5) is 13.1. The predicted molar refractivity (Wildman–Crippen MR) is 100.0 cm³/mol. The van der Waals surface area contributed by atoms with E-state index in [9.17, 15) is 13.6 Å². The zero-order valence-corrected chi connectivity index (χ0v) is 15.8. The number of H-pyrrole nitrogens is 1. The number of aromatic nitrogens is 2. The number of benzene rings is 1. The molecule has 0 unspecified atom stereocenters. The zero-order chi connectivity index (χ0) is 18.8. The third-order valence-electron chi connectivity index (χ3n) is 4.03. The molecule has 0 saturated heterocycles. The van der Waals surface area contributed by atoms with Crippen LogP contribution in [0.15, 0.2) is 35.1 Å². The van der Waals surface area contributed by atoms with Gasteiger partial charge in [0.15, 0.2) is 11.6 Å². The highest BCUT2D eigenvalue weighted by atomic mass is 79.9. The van der Waals surface area contributed by atoms with E-state index in [1.807, 2.05) is 0 Å². The number of carbonyl (C=O) groups is 1. The predicted octanol–water partition coefficient (Wildman–Crippen LogP) is 3.56. The van der Waals surface area contributed by atoms with Gasteiger partial charge in [-0.2, -0.15) is 5.10 Å². The molecule has 0 fully saturated rings. The summed E-state index contributed by atoms with van der Waals surface area (Å²) in [5.41, 5.74) is 13.5. The number of hydrogen-bond acceptors (Lipinski definition) is 4. The zero-order valence-electron chi connectivity index (χ0n) is 13.4. The summed E-state index contributed by atoms with van der Waals surface area (Å²) in [5.74, 6) is -2.69. The molecule has 1 atom stereocenters. The minimum absolute atomic E-state index is 0.208. The molecule has 0 aliphatic carbocycles.